The standard InChI is InChI=1S/C19H24N4O2/c1-13-11-17(15-5-3-4-6-16(15)21-13)22-19(25)18(24)20-12-14-7-9-23(2)10-8-14/h3-6,11,14H,7-10,12H2,1-2H3,(H,20,24)(H,21,22,25). The van der Waals surface area contributed by atoms with Crippen LogP contribution in [0.25, 0.3) is 10.9 Å². The third kappa shape index (κ3) is 4.33. The van der Waals surface area contributed by atoms with Crippen LogP contribution < -0.4 is 10.6 Å². The highest BCUT2D eigenvalue weighted by Gasteiger charge is 2.20. The van der Waals surface area contributed by atoms with E-state index in [0.29, 0.717) is 18.2 Å². The van der Waals surface area contributed by atoms with E-state index < -0.39 is 11.8 Å². The number of aromatic nitrogens is 1. The van der Waals surface area contributed by atoms with Crippen LogP contribution in [-0.2, 0) is 9.59 Å². The van der Waals surface area contributed by atoms with Crippen LogP contribution in [0, 0.1) is 12.8 Å². The number of para-hydroxylation sites is 1. The maximum absolute atomic E-state index is 12.2. The third-order valence-corrected chi connectivity index (χ3v) is 4.69. The molecule has 1 aliphatic rings. The highest BCUT2D eigenvalue weighted by atomic mass is 16.2. The summed E-state index contributed by atoms with van der Waals surface area (Å²) in [4.78, 5) is 31.1. The molecule has 0 aliphatic carbocycles. The number of amides is 2. The molecule has 132 valence electrons. The lowest BCUT2D eigenvalue weighted by atomic mass is 9.97. The quantitative estimate of drug-likeness (QED) is 0.838. The van der Waals surface area contributed by atoms with Gasteiger partial charge in [0.15, 0.2) is 0 Å². The summed E-state index contributed by atoms with van der Waals surface area (Å²) in [6, 6.07) is 9.33. The first kappa shape index (κ1) is 17.4. The summed E-state index contributed by atoms with van der Waals surface area (Å²) in [6.45, 7) is 4.49. The maximum Gasteiger partial charge on any atom is 0.313 e. The van der Waals surface area contributed by atoms with Crippen LogP contribution in [0.2, 0.25) is 0 Å². The molecule has 0 bridgehead atoms. The molecule has 2 aromatic rings. The van der Waals surface area contributed by atoms with Crippen molar-refractivity contribution < 1.29 is 9.59 Å². The summed E-state index contributed by atoms with van der Waals surface area (Å²) in [5, 5.41) is 6.31. The fraction of sp³-hybridized carbons (Fsp3) is 0.421. The molecule has 3 rings (SSSR count). The van der Waals surface area contributed by atoms with Crippen molar-refractivity contribution in [2.24, 2.45) is 5.92 Å². The lowest BCUT2D eigenvalue weighted by molar-refractivity contribution is -0.136. The van der Waals surface area contributed by atoms with Crippen molar-refractivity contribution >= 4 is 28.4 Å². The molecule has 0 spiro atoms. The van der Waals surface area contributed by atoms with Crippen molar-refractivity contribution in [2.75, 3.05) is 32.0 Å². The van der Waals surface area contributed by atoms with E-state index in [9.17, 15) is 9.59 Å². The van der Waals surface area contributed by atoms with Gasteiger partial charge >= 0.3 is 11.8 Å². The lowest BCUT2D eigenvalue weighted by Gasteiger charge is -2.28. The van der Waals surface area contributed by atoms with Gasteiger partial charge < -0.3 is 15.5 Å². The van der Waals surface area contributed by atoms with Crippen molar-refractivity contribution in [2.45, 2.75) is 19.8 Å². The number of hydrogen-bond acceptors (Lipinski definition) is 4. The second-order valence-corrected chi connectivity index (χ2v) is 6.74. The molecule has 2 amide bonds. The number of fused-ring (bicyclic) bond motifs is 1. The second kappa shape index (κ2) is 7.61. The van der Waals surface area contributed by atoms with E-state index in [0.717, 1.165) is 42.5 Å². The Morgan fingerprint density at radius 1 is 1.20 bits per heavy atom. The zero-order valence-corrected chi connectivity index (χ0v) is 14.7. The Hall–Kier alpha value is -2.47. The lowest BCUT2D eigenvalue weighted by Crippen LogP contribution is -2.41. The van der Waals surface area contributed by atoms with Gasteiger partial charge in [-0.3, -0.25) is 14.6 Å². The number of carbonyl (C=O) groups is 2. The topological polar surface area (TPSA) is 74.3 Å². The van der Waals surface area contributed by atoms with Crippen LogP contribution in [0.3, 0.4) is 0 Å². The van der Waals surface area contributed by atoms with E-state index in [-0.39, 0.29) is 0 Å². The van der Waals surface area contributed by atoms with Crippen LogP contribution in [-0.4, -0.2) is 48.4 Å². The SMILES string of the molecule is Cc1cc(NC(=O)C(=O)NCC2CCN(C)CC2)c2ccccc2n1. The van der Waals surface area contributed by atoms with Crippen LogP contribution in [0.1, 0.15) is 18.5 Å². The second-order valence-electron chi connectivity index (χ2n) is 6.74. The molecule has 1 saturated heterocycles. The van der Waals surface area contributed by atoms with Gasteiger partial charge in [-0.05, 0) is 58.0 Å². The van der Waals surface area contributed by atoms with Crippen molar-refractivity contribution in [3.8, 4) is 0 Å². The van der Waals surface area contributed by atoms with Gasteiger partial charge in [0.2, 0.25) is 0 Å². The van der Waals surface area contributed by atoms with E-state index in [1.54, 1.807) is 6.07 Å². The number of benzene rings is 1. The molecule has 25 heavy (non-hydrogen) atoms. The molecule has 0 saturated carbocycles. The monoisotopic (exact) mass is 340 g/mol. The highest BCUT2D eigenvalue weighted by Crippen LogP contribution is 2.22. The van der Waals surface area contributed by atoms with Gasteiger partial charge in [-0.15, -0.1) is 0 Å². The number of pyridine rings is 1. The summed E-state index contributed by atoms with van der Waals surface area (Å²) in [6.07, 6.45) is 2.10. The van der Waals surface area contributed by atoms with E-state index in [1.807, 2.05) is 31.2 Å². The molecule has 0 radical (unpaired) electrons. The molecule has 0 atom stereocenters. The highest BCUT2D eigenvalue weighted by molar-refractivity contribution is 6.40. The van der Waals surface area contributed by atoms with Crippen molar-refractivity contribution in [3.05, 3.63) is 36.0 Å². The molecule has 1 aliphatic heterocycles. The summed E-state index contributed by atoms with van der Waals surface area (Å²) in [5.41, 5.74) is 2.20. The summed E-state index contributed by atoms with van der Waals surface area (Å²) in [5.74, 6) is -0.780. The van der Waals surface area contributed by atoms with Crippen LogP contribution >= 0.6 is 0 Å². The Bertz CT molecular complexity index is 782. The first-order valence-electron chi connectivity index (χ1n) is 8.67. The molecule has 1 aromatic carbocycles. The minimum Gasteiger partial charge on any atom is -0.348 e. The Balaban J connectivity index is 1.61. The van der Waals surface area contributed by atoms with Gasteiger partial charge in [0, 0.05) is 17.6 Å². The normalized spacial score (nSPS) is 15.9. The van der Waals surface area contributed by atoms with Gasteiger partial charge in [-0.25, -0.2) is 0 Å². The minimum atomic E-state index is -0.635. The zero-order valence-electron chi connectivity index (χ0n) is 14.7. The van der Waals surface area contributed by atoms with Crippen molar-refractivity contribution in [1.82, 2.24) is 15.2 Å². The van der Waals surface area contributed by atoms with E-state index >= 15 is 0 Å². The van der Waals surface area contributed by atoms with Crippen LogP contribution in [0.5, 0.6) is 0 Å². The van der Waals surface area contributed by atoms with E-state index in [2.05, 4.69) is 27.6 Å². The molecule has 1 aromatic heterocycles. The van der Waals surface area contributed by atoms with Gasteiger partial charge in [0.05, 0.1) is 11.2 Å². The van der Waals surface area contributed by atoms with Crippen molar-refractivity contribution in [1.29, 1.82) is 0 Å². The smallest absolute Gasteiger partial charge is 0.313 e. The average Bonchev–Trinajstić information content (AvgIpc) is 2.60. The summed E-state index contributed by atoms with van der Waals surface area (Å²) >= 11 is 0. The fourth-order valence-electron chi connectivity index (χ4n) is 3.17. The number of anilines is 1. The molecular formula is C19H24N4O2. The fourth-order valence-corrected chi connectivity index (χ4v) is 3.17. The Kier molecular flexibility index (Phi) is 5.28. The minimum absolute atomic E-state index is 0.442. The number of likely N-dealkylation sites (tertiary alicyclic amines) is 1. The van der Waals surface area contributed by atoms with E-state index in [1.165, 1.54) is 0 Å². The first-order chi connectivity index (χ1) is 12.0. The van der Waals surface area contributed by atoms with Gasteiger partial charge in [-0.2, -0.15) is 0 Å². The number of piperidine rings is 1. The molecule has 2 heterocycles. The number of nitrogens with one attached hydrogen (secondary N) is 2. The Labute approximate surface area is 147 Å². The Morgan fingerprint density at radius 3 is 2.68 bits per heavy atom. The third-order valence-electron chi connectivity index (χ3n) is 4.69. The number of aryl methyl sites for hydroxylation is 1. The molecule has 6 nitrogen and oxygen atoms in total. The molecular weight excluding hydrogens is 316 g/mol. The average molecular weight is 340 g/mol. The largest absolute Gasteiger partial charge is 0.348 e. The molecule has 0 unspecified atom stereocenters. The number of hydrogen-bond donors (Lipinski definition) is 2. The summed E-state index contributed by atoms with van der Waals surface area (Å²) in [7, 11) is 2.10. The molecule has 6 heteroatoms. The number of rotatable bonds is 3. The predicted molar refractivity (Wildman–Crippen MR) is 98.3 cm³/mol. The number of carbonyl (C=O) groups excluding carboxylic acids is 2. The zero-order chi connectivity index (χ0) is 17.8. The Morgan fingerprint density at radius 2 is 1.92 bits per heavy atom. The first-order valence-corrected chi connectivity index (χ1v) is 8.67. The molecule has 2 N–H and O–H groups in total. The van der Waals surface area contributed by atoms with Gasteiger partial charge in [-0.1, -0.05) is 18.2 Å². The maximum atomic E-state index is 12.2. The summed E-state index contributed by atoms with van der Waals surface area (Å²) < 4.78 is 0. The number of nitrogens with zero attached hydrogens (tertiary/aromatic N) is 2. The van der Waals surface area contributed by atoms with Gasteiger partial charge in [0.25, 0.3) is 0 Å². The predicted octanol–water partition coefficient (Wildman–Crippen LogP) is 1.94. The van der Waals surface area contributed by atoms with Crippen molar-refractivity contribution in [3.63, 3.8) is 0 Å². The molecule has 1 fully saturated rings. The van der Waals surface area contributed by atoms with Crippen LogP contribution in [0.4, 0.5) is 5.69 Å². The van der Waals surface area contributed by atoms with Crippen LogP contribution in [0.15, 0.2) is 30.3 Å². The van der Waals surface area contributed by atoms with E-state index in [4.69, 9.17) is 0 Å². The van der Waals surface area contributed by atoms with Gasteiger partial charge in [0.1, 0.15) is 0 Å².